The van der Waals surface area contributed by atoms with Gasteiger partial charge in [0.05, 0.1) is 11.8 Å². The molecule has 16 heavy (non-hydrogen) atoms. The van der Waals surface area contributed by atoms with Crippen molar-refractivity contribution >= 4 is 5.69 Å². The van der Waals surface area contributed by atoms with Crippen LogP contribution in [-0.2, 0) is 0 Å². The molecule has 0 bridgehead atoms. The monoisotopic (exact) mass is 220 g/mol. The van der Waals surface area contributed by atoms with Gasteiger partial charge < -0.3 is 15.4 Å². The third-order valence-electron chi connectivity index (χ3n) is 2.67. The molecular formula is C13H20N2O. The predicted octanol–water partition coefficient (Wildman–Crippen LogP) is 2.25. The Morgan fingerprint density at radius 3 is 2.88 bits per heavy atom. The molecule has 0 aliphatic carbocycles. The highest BCUT2D eigenvalue weighted by molar-refractivity contribution is 5.57. The summed E-state index contributed by atoms with van der Waals surface area (Å²) in [6.45, 7) is 6.24. The molecule has 2 rings (SSSR count). The van der Waals surface area contributed by atoms with Crippen molar-refractivity contribution in [2.45, 2.75) is 32.4 Å². The summed E-state index contributed by atoms with van der Waals surface area (Å²) in [4.78, 5) is 0. The zero-order valence-corrected chi connectivity index (χ0v) is 9.99. The van der Waals surface area contributed by atoms with Crippen molar-refractivity contribution in [3.05, 3.63) is 24.3 Å². The van der Waals surface area contributed by atoms with Crippen LogP contribution in [-0.4, -0.2) is 25.2 Å². The number of benzene rings is 1. The Labute approximate surface area is 97.2 Å². The molecule has 3 nitrogen and oxygen atoms in total. The first-order valence-electron chi connectivity index (χ1n) is 5.98. The van der Waals surface area contributed by atoms with Gasteiger partial charge in [-0.05, 0) is 38.9 Å². The highest BCUT2D eigenvalue weighted by Gasteiger charge is 2.15. The summed E-state index contributed by atoms with van der Waals surface area (Å²) in [5, 5.41) is 6.88. The minimum absolute atomic E-state index is 0.213. The van der Waals surface area contributed by atoms with Crippen molar-refractivity contribution in [3.63, 3.8) is 0 Å². The van der Waals surface area contributed by atoms with Gasteiger partial charge in [-0.15, -0.1) is 0 Å². The van der Waals surface area contributed by atoms with E-state index in [1.54, 1.807) is 0 Å². The van der Waals surface area contributed by atoms with Crippen LogP contribution in [0.5, 0.6) is 5.75 Å². The van der Waals surface area contributed by atoms with Gasteiger partial charge in [0.2, 0.25) is 0 Å². The molecule has 3 heteroatoms. The van der Waals surface area contributed by atoms with E-state index < -0.39 is 0 Å². The number of para-hydroxylation sites is 2. The molecule has 1 aliphatic rings. The van der Waals surface area contributed by atoms with Crippen LogP contribution in [0.15, 0.2) is 24.3 Å². The molecule has 0 radical (unpaired) electrons. The molecule has 0 saturated carbocycles. The van der Waals surface area contributed by atoms with E-state index in [0.717, 1.165) is 24.5 Å². The van der Waals surface area contributed by atoms with E-state index in [2.05, 4.69) is 16.7 Å². The highest BCUT2D eigenvalue weighted by atomic mass is 16.5. The van der Waals surface area contributed by atoms with Gasteiger partial charge in [-0.3, -0.25) is 0 Å². The van der Waals surface area contributed by atoms with Crippen molar-refractivity contribution in [2.75, 3.05) is 18.4 Å². The van der Waals surface area contributed by atoms with Crippen molar-refractivity contribution < 1.29 is 4.74 Å². The molecule has 0 spiro atoms. The topological polar surface area (TPSA) is 33.3 Å². The van der Waals surface area contributed by atoms with Gasteiger partial charge in [0, 0.05) is 12.6 Å². The fourth-order valence-corrected chi connectivity index (χ4v) is 1.94. The second kappa shape index (κ2) is 5.21. The van der Waals surface area contributed by atoms with Gasteiger partial charge >= 0.3 is 0 Å². The molecule has 1 aliphatic heterocycles. The average Bonchev–Trinajstić information content (AvgIpc) is 2.73. The maximum absolute atomic E-state index is 5.77. The molecule has 88 valence electrons. The minimum Gasteiger partial charge on any atom is -0.489 e. The minimum atomic E-state index is 0.213. The fraction of sp³-hybridized carbons (Fsp3) is 0.538. The second-order valence-electron chi connectivity index (χ2n) is 4.50. The Hall–Kier alpha value is -1.22. The Morgan fingerprint density at radius 1 is 1.38 bits per heavy atom. The molecule has 1 unspecified atom stereocenters. The van der Waals surface area contributed by atoms with Crippen molar-refractivity contribution in [2.24, 2.45) is 0 Å². The summed E-state index contributed by atoms with van der Waals surface area (Å²) >= 11 is 0. The first kappa shape index (κ1) is 11.3. The van der Waals surface area contributed by atoms with Crippen molar-refractivity contribution in [3.8, 4) is 5.75 Å². The summed E-state index contributed by atoms with van der Waals surface area (Å²) in [6.07, 6.45) is 1.39. The van der Waals surface area contributed by atoms with Crippen LogP contribution in [0.4, 0.5) is 5.69 Å². The first-order chi connectivity index (χ1) is 7.75. The van der Waals surface area contributed by atoms with Gasteiger partial charge in [-0.2, -0.15) is 0 Å². The van der Waals surface area contributed by atoms with Crippen LogP contribution in [0.3, 0.4) is 0 Å². The SMILES string of the molecule is CC(C)Oc1ccccc1NC1CCNC1. The lowest BCUT2D eigenvalue weighted by Crippen LogP contribution is -2.22. The zero-order valence-electron chi connectivity index (χ0n) is 9.99. The smallest absolute Gasteiger partial charge is 0.142 e. The maximum Gasteiger partial charge on any atom is 0.142 e. The number of hydrogen-bond donors (Lipinski definition) is 2. The summed E-state index contributed by atoms with van der Waals surface area (Å²) < 4.78 is 5.77. The number of rotatable bonds is 4. The van der Waals surface area contributed by atoms with E-state index in [9.17, 15) is 0 Å². The Bertz CT molecular complexity index is 332. The third kappa shape index (κ3) is 2.89. The summed E-state index contributed by atoms with van der Waals surface area (Å²) in [6, 6.07) is 8.67. The van der Waals surface area contributed by atoms with Crippen LogP contribution in [0, 0.1) is 0 Å². The fourth-order valence-electron chi connectivity index (χ4n) is 1.94. The number of anilines is 1. The molecular weight excluding hydrogens is 200 g/mol. The van der Waals surface area contributed by atoms with Crippen LogP contribution < -0.4 is 15.4 Å². The molecule has 0 aromatic heterocycles. The quantitative estimate of drug-likeness (QED) is 0.816. The molecule has 1 aromatic rings. The van der Waals surface area contributed by atoms with E-state index >= 15 is 0 Å². The average molecular weight is 220 g/mol. The standard InChI is InChI=1S/C13H20N2O/c1-10(2)16-13-6-4-3-5-12(13)15-11-7-8-14-9-11/h3-6,10-11,14-15H,7-9H2,1-2H3. The Morgan fingerprint density at radius 2 is 2.19 bits per heavy atom. The number of ether oxygens (including phenoxy) is 1. The third-order valence-corrected chi connectivity index (χ3v) is 2.67. The van der Waals surface area contributed by atoms with E-state index in [1.165, 1.54) is 6.42 Å². The molecule has 1 saturated heterocycles. The van der Waals surface area contributed by atoms with E-state index in [0.29, 0.717) is 6.04 Å². The van der Waals surface area contributed by atoms with Crippen LogP contribution in [0.2, 0.25) is 0 Å². The molecule has 0 amide bonds. The van der Waals surface area contributed by atoms with E-state index in [4.69, 9.17) is 4.74 Å². The lowest BCUT2D eigenvalue weighted by molar-refractivity contribution is 0.243. The first-order valence-corrected chi connectivity index (χ1v) is 5.98. The van der Waals surface area contributed by atoms with Crippen LogP contribution in [0.1, 0.15) is 20.3 Å². The Kier molecular flexibility index (Phi) is 3.67. The molecule has 1 heterocycles. The molecule has 1 atom stereocenters. The molecule has 1 fully saturated rings. The van der Waals surface area contributed by atoms with Crippen LogP contribution >= 0.6 is 0 Å². The molecule has 2 N–H and O–H groups in total. The largest absolute Gasteiger partial charge is 0.489 e. The van der Waals surface area contributed by atoms with Gasteiger partial charge in [-0.25, -0.2) is 0 Å². The van der Waals surface area contributed by atoms with Gasteiger partial charge in [0.1, 0.15) is 5.75 Å². The van der Waals surface area contributed by atoms with E-state index in [1.807, 2.05) is 32.0 Å². The summed E-state index contributed by atoms with van der Waals surface area (Å²) in [5.41, 5.74) is 1.10. The van der Waals surface area contributed by atoms with Crippen molar-refractivity contribution in [1.29, 1.82) is 0 Å². The molecule has 1 aromatic carbocycles. The number of nitrogens with one attached hydrogen (secondary N) is 2. The normalized spacial score (nSPS) is 20.1. The van der Waals surface area contributed by atoms with Crippen LogP contribution in [0.25, 0.3) is 0 Å². The predicted molar refractivity (Wildman–Crippen MR) is 67.1 cm³/mol. The summed E-state index contributed by atoms with van der Waals surface area (Å²) in [5.74, 6) is 0.949. The van der Waals surface area contributed by atoms with Gasteiger partial charge in [-0.1, -0.05) is 12.1 Å². The van der Waals surface area contributed by atoms with Crippen molar-refractivity contribution in [1.82, 2.24) is 5.32 Å². The highest BCUT2D eigenvalue weighted by Crippen LogP contribution is 2.26. The van der Waals surface area contributed by atoms with E-state index in [-0.39, 0.29) is 6.10 Å². The van der Waals surface area contributed by atoms with Gasteiger partial charge in [0.25, 0.3) is 0 Å². The van der Waals surface area contributed by atoms with Gasteiger partial charge in [0.15, 0.2) is 0 Å². The second-order valence-corrected chi connectivity index (χ2v) is 4.50. The lowest BCUT2D eigenvalue weighted by Gasteiger charge is -2.18. The Balaban J connectivity index is 2.06. The maximum atomic E-state index is 5.77. The lowest BCUT2D eigenvalue weighted by atomic mass is 10.2. The zero-order chi connectivity index (χ0) is 11.4. The number of hydrogen-bond acceptors (Lipinski definition) is 3. The summed E-state index contributed by atoms with van der Waals surface area (Å²) in [7, 11) is 0.